The zero-order valence-corrected chi connectivity index (χ0v) is 14.2. The van der Waals surface area contributed by atoms with Crippen molar-refractivity contribution < 1.29 is 14.3 Å². The van der Waals surface area contributed by atoms with Crippen LogP contribution in [0.5, 0.6) is 0 Å². The summed E-state index contributed by atoms with van der Waals surface area (Å²) in [5.41, 5.74) is -0.437. The number of ether oxygens (including phenoxy) is 1. The minimum absolute atomic E-state index is 0.0200. The molecule has 0 aliphatic rings. The lowest BCUT2D eigenvalue weighted by molar-refractivity contribution is -0.147. The molecule has 0 aromatic carbocycles. The Morgan fingerprint density at radius 2 is 1.55 bits per heavy atom. The van der Waals surface area contributed by atoms with Gasteiger partial charge >= 0.3 is 0 Å². The van der Waals surface area contributed by atoms with Crippen molar-refractivity contribution in [1.82, 2.24) is 9.80 Å². The molecule has 0 rings (SSSR count). The SMILES string of the molecule is CC(C)OCC(=O)N(C)CN(C)C(=O)C(C)(C)C(C)C. The fraction of sp³-hybridized carbons (Fsp3) is 0.867. The number of hydrogen-bond donors (Lipinski definition) is 0. The number of likely N-dealkylation sites (N-methyl/N-ethyl adjacent to an activating group) is 1. The first-order valence-electron chi connectivity index (χ1n) is 7.11. The second kappa shape index (κ2) is 7.62. The van der Waals surface area contributed by atoms with E-state index in [9.17, 15) is 9.59 Å². The summed E-state index contributed by atoms with van der Waals surface area (Å²) in [5, 5.41) is 0. The number of hydrogen-bond acceptors (Lipinski definition) is 3. The van der Waals surface area contributed by atoms with Crippen molar-refractivity contribution in [1.29, 1.82) is 0 Å². The first-order valence-corrected chi connectivity index (χ1v) is 7.11. The minimum Gasteiger partial charge on any atom is -0.369 e. The lowest BCUT2D eigenvalue weighted by Crippen LogP contribution is -2.47. The fourth-order valence-electron chi connectivity index (χ4n) is 1.55. The summed E-state index contributed by atoms with van der Waals surface area (Å²) >= 11 is 0. The summed E-state index contributed by atoms with van der Waals surface area (Å²) in [4.78, 5) is 27.3. The van der Waals surface area contributed by atoms with Gasteiger partial charge in [0.15, 0.2) is 0 Å². The van der Waals surface area contributed by atoms with Gasteiger partial charge in [0.05, 0.1) is 12.8 Å². The van der Waals surface area contributed by atoms with E-state index < -0.39 is 5.41 Å². The normalized spacial score (nSPS) is 11.9. The van der Waals surface area contributed by atoms with Crippen molar-refractivity contribution in [2.45, 2.75) is 47.6 Å². The number of carbonyl (C=O) groups excluding carboxylic acids is 2. The van der Waals surface area contributed by atoms with Crippen molar-refractivity contribution in [2.75, 3.05) is 27.4 Å². The summed E-state index contributed by atoms with van der Waals surface area (Å²) in [7, 11) is 3.40. The Kier molecular flexibility index (Phi) is 7.20. The molecule has 0 saturated heterocycles. The Labute approximate surface area is 123 Å². The zero-order chi connectivity index (χ0) is 16.1. The third-order valence-corrected chi connectivity index (χ3v) is 3.73. The van der Waals surface area contributed by atoms with E-state index in [-0.39, 0.29) is 37.1 Å². The molecule has 0 aromatic rings. The molecule has 0 heterocycles. The van der Waals surface area contributed by atoms with Gasteiger partial charge in [0.2, 0.25) is 11.8 Å². The van der Waals surface area contributed by atoms with E-state index in [4.69, 9.17) is 4.74 Å². The van der Waals surface area contributed by atoms with Crippen LogP contribution in [0.3, 0.4) is 0 Å². The van der Waals surface area contributed by atoms with E-state index in [2.05, 4.69) is 0 Å². The summed E-state index contributed by atoms with van der Waals surface area (Å²) in [6.07, 6.45) is 0.0200. The second-order valence-corrected chi connectivity index (χ2v) is 6.47. The van der Waals surface area contributed by atoms with Crippen molar-refractivity contribution in [3.63, 3.8) is 0 Å². The highest BCUT2D eigenvalue weighted by molar-refractivity contribution is 5.83. The van der Waals surface area contributed by atoms with Crippen LogP contribution in [0.25, 0.3) is 0 Å². The Morgan fingerprint density at radius 1 is 1.05 bits per heavy atom. The molecule has 0 spiro atoms. The molecule has 5 heteroatoms. The van der Waals surface area contributed by atoms with Gasteiger partial charge in [-0.2, -0.15) is 0 Å². The summed E-state index contributed by atoms with van der Waals surface area (Å²) in [6, 6.07) is 0. The largest absolute Gasteiger partial charge is 0.369 e. The van der Waals surface area contributed by atoms with Gasteiger partial charge in [-0.3, -0.25) is 9.59 Å². The molecule has 0 aromatic heterocycles. The molecular weight excluding hydrogens is 256 g/mol. The van der Waals surface area contributed by atoms with Crippen LogP contribution in [0.15, 0.2) is 0 Å². The monoisotopic (exact) mass is 286 g/mol. The molecule has 0 saturated carbocycles. The number of carbonyl (C=O) groups is 2. The van der Waals surface area contributed by atoms with E-state index >= 15 is 0 Å². The van der Waals surface area contributed by atoms with Gasteiger partial charge in [0.25, 0.3) is 0 Å². The van der Waals surface area contributed by atoms with Crippen LogP contribution >= 0.6 is 0 Å². The molecule has 0 atom stereocenters. The van der Waals surface area contributed by atoms with E-state index in [1.165, 1.54) is 4.90 Å². The quantitative estimate of drug-likeness (QED) is 0.672. The van der Waals surface area contributed by atoms with E-state index in [1.54, 1.807) is 19.0 Å². The van der Waals surface area contributed by atoms with Crippen molar-refractivity contribution in [3.05, 3.63) is 0 Å². The third-order valence-electron chi connectivity index (χ3n) is 3.73. The van der Waals surface area contributed by atoms with Crippen molar-refractivity contribution in [3.8, 4) is 0 Å². The molecule has 0 unspecified atom stereocenters. The van der Waals surface area contributed by atoms with E-state index in [0.29, 0.717) is 0 Å². The van der Waals surface area contributed by atoms with Crippen LogP contribution in [-0.4, -0.2) is 55.1 Å². The van der Waals surface area contributed by atoms with Gasteiger partial charge in [-0.25, -0.2) is 0 Å². The van der Waals surface area contributed by atoms with Gasteiger partial charge in [-0.15, -0.1) is 0 Å². The van der Waals surface area contributed by atoms with Crippen LogP contribution in [0, 0.1) is 11.3 Å². The van der Waals surface area contributed by atoms with Gasteiger partial charge in [0.1, 0.15) is 6.61 Å². The van der Waals surface area contributed by atoms with Crippen molar-refractivity contribution in [2.24, 2.45) is 11.3 Å². The number of amides is 2. The fourth-order valence-corrected chi connectivity index (χ4v) is 1.55. The van der Waals surface area contributed by atoms with Gasteiger partial charge < -0.3 is 14.5 Å². The molecule has 0 aliphatic carbocycles. The molecule has 0 fully saturated rings. The summed E-state index contributed by atoms with van der Waals surface area (Å²) in [6.45, 7) is 12.0. The molecule has 2 amide bonds. The molecule has 0 N–H and O–H groups in total. The Balaban J connectivity index is 4.49. The molecule has 0 aliphatic heterocycles. The lowest BCUT2D eigenvalue weighted by atomic mass is 9.80. The Hall–Kier alpha value is -1.10. The Morgan fingerprint density at radius 3 is 1.95 bits per heavy atom. The van der Waals surface area contributed by atoms with Gasteiger partial charge in [0, 0.05) is 19.5 Å². The highest BCUT2D eigenvalue weighted by Crippen LogP contribution is 2.28. The summed E-state index contributed by atoms with van der Waals surface area (Å²) < 4.78 is 5.28. The maximum absolute atomic E-state index is 12.4. The highest BCUT2D eigenvalue weighted by atomic mass is 16.5. The van der Waals surface area contributed by atoms with Crippen LogP contribution in [0.2, 0.25) is 0 Å². The first kappa shape index (κ1) is 18.9. The zero-order valence-electron chi connectivity index (χ0n) is 14.2. The average Bonchev–Trinajstić information content (AvgIpc) is 2.34. The molecular formula is C15H30N2O3. The molecule has 20 heavy (non-hydrogen) atoms. The highest BCUT2D eigenvalue weighted by Gasteiger charge is 2.34. The van der Waals surface area contributed by atoms with Crippen LogP contribution in [0.1, 0.15) is 41.5 Å². The predicted octanol–water partition coefficient (Wildman–Crippen LogP) is 1.97. The second-order valence-electron chi connectivity index (χ2n) is 6.47. The lowest BCUT2D eigenvalue weighted by Gasteiger charge is -2.34. The Bertz CT molecular complexity index is 338. The van der Waals surface area contributed by atoms with Crippen LogP contribution < -0.4 is 0 Å². The number of rotatable bonds is 7. The number of nitrogens with zero attached hydrogens (tertiary/aromatic N) is 2. The molecule has 0 bridgehead atoms. The van der Waals surface area contributed by atoms with E-state index in [0.717, 1.165) is 0 Å². The standard InChI is InChI=1S/C15H30N2O3/c1-11(2)15(5,6)14(19)17(8)10-16(7)13(18)9-20-12(3)4/h11-12H,9-10H2,1-8H3. The smallest absolute Gasteiger partial charge is 0.249 e. The van der Waals surface area contributed by atoms with Gasteiger partial charge in [-0.1, -0.05) is 27.7 Å². The molecule has 5 nitrogen and oxygen atoms in total. The van der Waals surface area contributed by atoms with Gasteiger partial charge in [-0.05, 0) is 19.8 Å². The topological polar surface area (TPSA) is 49.9 Å². The van der Waals surface area contributed by atoms with E-state index in [1.807, 2.05) is 41.5 Å². The third kappa shape index (κ3) is 5.49. The van der Waals surface area contributed by atoms with Crippen LogP contribution in [0.4, 0.5) is 0 Å². The average molecular weight is 286 g/mol. The minimum atomic E-state index is -0.437. The summed E-state index contributed by atoms with van der Waals surface area (Å²) in [5.74, 6) is 0.153. The predicted molar refractivity (Wildman–Crippen MR) is 80.1 cm³/mol. The molecule has 118 valence electrons. The maximum Gasteiger partial charge on any atom is 0.249 e. The van der Waals surface area contributed by atoms with Crippen LogP contribution in [-0.2, 0) is 14.3 Å². The molecule has 0 radical (unpaired) electrons. The van der Waals surface area contributed by atoms with Crippen molar-refractivity contribution >= 4 is 11.8 Å². The first-order chi connectivity index (χ1) is 9.00. The maximum atomic E-state index is 12.4.